The molecule has 0 aliphatic heterocycles. The minimum Gasteiger partial charge on any atom is -0.326 e. The van der Waals surface area contributed by atoms with E-state index in [9.17, 15) is 0 Å². The Morgan fingerprint density at radius 1 is 1.35 bits per heavy atom. The predicted octanol–water partition coefficient (Wildman–Crippen LogP) is 3.51. The molecule has 1 heterocycles. The fourth-order valence-corrected chi connectivity index (χ4v) is 3.54. The highest BCUT2D eigenvalue weighted by Crippen LogP contribution is 2.27. The van der Waals surface area contributed by atoms with Crippen molar-refractivity contribution in [2.45, 2.75) is 31.0 Å². The van der Waals surface area contributed by atoms with Crippen LogP contribution < -0.4 is 5.73 Å². The lowest BCUT2D eigenvalue weighted by Gasteiger charge is -2.00. The van der Waals surface area contributed by atoms with Gasteiger partial charge in [-0.25, -0.2) is 4.98 Å². The van der Waals surface area contributed by atoms with Gasteiger partial charge in [-0.1, -0.05) is 17.7 Å². The molecule has 2 rings (SSSR count). The SMILES string of the molecule is Cc1cccc(SCc2nc(C)c(CN)s2)c1. The zero-order valence-electron chi connectivity index (χ0n) is 10.1. The third-order valence-corrected chi connectivity index (χ3v) is 4.84. The topological polar surface area (TPSA) is 38.9 Å². The van der Waals surface area contributed by atoms with Crippen molar-refractivity contribution < 1.29 is 0 Å². The average Bonchev–Trinajstić information content (AvgIpc) is 2.67. The van der Waals surface area contributed by atoms with E-state index < -0.39 is 0 Å². The fourth-order valence-electron chi connectivity index (χ4n) is 1.59. The minimum atomic E-state index is 0.596. The third-order valence-electron chi connectivity index (χ3n) is 2.47. The van der Waals surface area contributed by atoms with Crippen LogP contribution in [0.1, 0.15) is 21.1 Å². The molecule has 0 radical (unpaired) electrons. The van der Waals surface area contributed by atoms with Gasteiger partial charge in [0.1, 0.15) is 5.01 Å². The molecule has 2 N–H and O–H groups in total. The van der Waals surface area contributed by atoms with Gasteiger partial charge >= 0.3 is 0 Å². The molecule has 17 heavy (non-hydrogen) atoms. The maximum absolute atomic E-state index is 5.65. The van der Waals surface area contributed by atoms with Crippen molar-refractivity contribution in [3.63, 3.8) is 0 Å². The molecule has 0 aliphatic carbocycles. The molecule has 0 unspecified atom stereocenters. The van der Waals surface area contributed by atoms with E-state index in [1.54, 1.807) is 11.3 Å². The molecule has 2 nitrogen and oxygen atoms in total. The van der Waals surface area contributed by atoms with Crippen molar-refractivity contribution in [2.24, 2.45) is 5.73 Å². The second kappa shape index (κ2) is 5.67. The van der Waals surface area contributed by atoms with Crippen molar-refractivity contribution in [1.29, 1.82) is 0 Å². The van der Waals surface area contributed by atoms with Gasteiger partial charge in [-0.2, -0.15) is 0 Å². The Hall–Kier alpha value is -0.840. The van der Waals surface area contributed by atoms with E-state index in [1.165, 1.54) is 15.3 Å². The van der Waals surface area contributed by atoms with Crippen LogP contribution in [0.4, 0.5) is 0 Å². The molecule has 90 valence electrons. The lowest BCUT2D eigenvalue weighted by molar-refractivity contribution is 1.05. The van der Waals surface area contributed by atoms with E-state index in [1.807, 2.05) is 18.7 Å². The summed E-state index contributed by atoms with van der Waals surface area (Å²) in [6.07, 6.45) is 0. The van der Waals surface area contributed by atoms with E-state index in [0.29, 0.717) is 6.54 Å². The number of hydrogen-bond donors (Lipinski definition) is 1. The van der Waals surface area contributed by atoms with Gasteiger partial charge in [0, 0.05) is 16.3 Å². The Kier molecular flexibility index (Phi) is 4.20. The molecule has 0 fully saturated rings. The molecule has 2 aromatic rings. The molecule has 0 saturated carbocycles. The van der Waals surface area contributed by atoms with Gasteiger partial charge in [-0.05, 0) is 26.0 Å². The first-order valence-electron chi connectivity index (χ1n) is 5.53. The summed E-state index contributed by atoms with van der Waals surface area (Å²) in [7, 11) is 0. The lowest BCUT2D eigenvalue weighted by Crippen LogP contribution is -1.94. The standard InChI is InChI=1S/C13H16N2S2/c1-9-4-3-5-11(6-9)16-8-13-15-10(2)12(7-14)17-13/h3-6H,7-8,14H2,1-2H3. The van der Waals surface area contributed by atoms with E-state index in [4.69, 9.17) is 5.73 Å². The number of nitrogens with two attached hydrogens (primary N) is 1. The van der Waals surface area contributed by atoms with Gasteiger partial charge < -0.3 is 5.73 Å². The molecule has 1 aromatic carbocycles. The first kappa shape index (κ1) is 12.6. The van der Waals surface area contributed by atoms with Crippen LogP contribution in [0.5, 0.6) is 0 Å². The van der Waals surface area contributed by atoms with Gasteiger partial charge in [0.2, 0.25) is 0 Å². The molecular formula is C13H16N2S2. The molecule has 0 amide bonds. The van der Waals surface area contributed by atoms with Crippen LogP contribution >= 0.6 is 23.1 Å². The van der Waals surface area contributed by atoms with Crippen molar-refractivity contribution in [1.82, 2.24) is 4.98 Å². The monoisotopic (exact) mass is 264 g/mol. The number of aryl methyl sites for hydroxylation is 2. The van der Waals surface area contributed by atoms with Crippen LogP contribution in [0.15, 0.2) is 29.2 Å². The van der Waals surface area contributed by atoms with E-state index in [2.05, 4.69) is 36.2 Å². The molecule has 0 aliphatic rings. The molecule has 0 bridgehead atoms. The van der Waals surface area contributed by atoms with E-state index >= 15 is 0 Å². The van der Waals surface area contributed by atoms with Gasteiger partial charge in [0.25, 0.3) is 0 Å². The Balaban J connectivity index is 2.02. The van der Waals surface area contributed by atoms with Gasteiger partial charge in [-0.3, -0.25) is 0 Å². The normalized spacial score (nSPS) is 10.8. The van der Waals surface area contributed by atoms with Gasteiger partial charge in [0.05, 0.1) is 11.4 Å². The lowest BCUT2D eigenvalue weighted by atomic mass is 10.2. The Labute approximate surface area is 110 Å². The van der Waals surface area contributed by atoms with Crippen LogP contribution in [0, 0.1) is 13.8 Å². The highest BCUT2D eigenvalue weighted by atomic mass is 32.2. The quantitative estimate of drug-likeness (QED) is 0.859. The summed E-state index contributed by atoms with van der Waals surface area (Å²) in [5.74, 6) is 0.926. The zero-order chi connectivity index (χ0) is 12.3. The van der Waals surface area contributed by atoms with Gasteiger partial charge in [0.15, 0.2) is 0 Å². The summed E-state index contributed by atoms with van der Waals surface area (Å²) in [5.41, 5.74) is 8.03. The Bertz CT molecular complexity index is 506. The number of thiazole rings is 1. The summed E-state index contributed by atoms with van der Waals surface area (Å²) in [5, 5.41) is 1.16. The molecule has 4 heteroatoms. The van der Waals surface area contributed by atoms with Crippen molar-refractivity contribution in [3.8, 4) is 0 Å². The second-order valence-electron chi connectivity index (χ2n) is 3.93. The van der Waals surface area contributed by atoms with Crippen molar-refractivity contribution in [2.75, 3.05) is 0 Å². The zero-order valence-corrected chi connectivity index (χ0v) is 11.7. The first-order valence-corrected chi connectivity index (χ1v) is 7.34. The first-order chi connectivity index (χ1) is 8.19. The van der Waals surface area contributed by atoms with E-state index in [0.717, 1.165) is 16.5 Å². The number of rotatable bonds is 4. The maximum Gasteiger partial charge on any atom is 0.103 e. The number of aromatic nitrogens is 1. The molecule has 0 spiro atoms. The number of thioether (sulfide) groups is 1. The molecule has 0 atom stereocenters. The Morgan fingerprint density at radius 3 is 2.82 bits per heavy atom. The van der Waals surface area contributed by atoms with Crippen LogP contribution in [0.3, 0.4) is 0 Å². The molecular weight excluding hydrogens is 248 g/mol. The van der Waals surface area contributed by atoms with E-state index in [-0.39, 0.29) is 0 Å². The van der Waals surface area contributed by atoms with Crippen LogP contribution in [-0.4, -0.2) is 4.98 Å². The second-order valence-corrected chi connectivity index (χ2v) is 6.14. The molecule has 1 aromatic heterocycles. The summed E-state index contributed by atoms with van der Waals surface area (Å²) in [6, 6.07) is 8.55. The smallest absolute Gasteiger partial charge is 0.103 e. The third kappa shape index (κ3) is 3.31. The van der Waals surface area contributed by atoms with Crippen LogP contribution in [0.2, 0.25) is 0 Å². The fraction of sp³-hybridized carbons (Fsp3) is 0.308. The Morgan fingerprint density at radius 2 is 2.18 bits per heavy atom. The van der Waals surface area contributed by atoms with Gasteiger partial charge in [-0.15, -0.1) is 23.1 Å². The highest BCUT2D eigenvalue weighted by molar-refractivity contribution is 7.98. The minimum absolute atomic E-state index is 0.596. The number of nitrogens with zero attached hydrogens (tertiary/aromatic N) is 1. The predicted molar refractivity (Wildman–Crippen MR) is 75.5 cm³/mol. The summed E-state index contributed by atoms with van der Waals surface area (Å²) < 4.78 is 0. The van der Waals surface area contributed by atoms with Crippen molar-refractivity contribution in [3.05, 3.63) is 45.4 Å². The maximum atomic E-state index is 5.65. The summed E-state index contributed by atoms with van der Waals surface area (Å²) >= 11 is 3.55. The number of hydrogen-bond acceptors (Lipinski definition) is 4. The summed E-state index contributed by atoms with van der Waals surface area (Å²) in [6.45, 7) is 4.74. The summed E-state index contributed by atoms with van der Waals surface area (Å²) in [4.78, 5) is 7.03. The van der Waals surface area contributed by atoms with Crippen LogP contribution in [-0.2, 0) is 12.3 Å². The average molecular weight is 264 g/mol. The highest BCUT2D eigenvalue weighted by Gasteiger charge is 2.06. The van der Waals surface area contributed by atoms with Crippen LogP contribution in [0.25, 0.3) is 0 Å². The van der Waals surface area contributed by atoms with Crippen molar-refractivity contribution >= 4 is 23.1 Å². The largest absolute Gasteiger partial charge is 0.326 e. The number of benzene rings is 1. The molecule has 0 saturated heterocycles.